The van der Waals surface area contributed by atoms with Crippen LogP contribution in [0.4, 0.5) is 0 Å². The van der Waals surface area contributed by atoms with Crippen molar-refractivity contribution >= 4 is 65.7 Å². The van der Waals surface area contributed by atoms with Crippen LogP contribution in [0.1, 0.15) is 90.0 Å². The van der Waals surface area contributed by atoms with Crippen LogP contribution in [0, 0.1) is 11.8 Å². The van der Waals surface area contributed by atoms with E-state index in [1.807, 2.05) is 0 Å². The molecule has 0 amide bonds. The molecule has 3 heterocycles. The molecule has 382 valence electrons. The minimum atomic E-state index is -2.15. The van der Waals surface area contributed by atoms with Crippen molar-refractivity contribution in [1.29, 1.82) is 0 Å². The van der Waals surface area contributed by atoms with Crippen molar-refractivity contribution in [2.24, 2.45) is 11.8 Å². The summed E-state index contributed by atoms with van der Waals surface area (Å²) in [5.74, 6) is -12.8. The van der Waals surface area contributed by atoms with Crippen LogP contribution in [0.5, 0.6) is 0 Å². The van der Waals surface area contributed by atoms with Gasteiger partial charge in [0.25, 0.3) is 0 Å². The zero-order valence-corrected chi connectivity index (χ0v) is 39.6. The van der Waals surface area contributed by atoms with Crippen molar-refractivity contribution in [2.75, 3.05) is 6.61 Å². The van der Waals surface area contributed by atoms with Gasteiger partial charge in [-0.15, -0.1) is 0 Å². The van der Waals surface area contributed by atoms with Crippen molar-refractivity contribution < 1.29 is 124 Å². The summed E-state index contributed by atoms with van der Waals surface area (Å²) in [6, 6.07) is 0. The third-order valence-electron chi connectivity index (χ3n) is 9.55. The monoisotopic (exact) mass is 978 g/mol. The van der Waals surface area contributed by atoms with Gasteiger partial charge in [0.1, 0.15) is 12.7 Å². The lowest BCUT2D eigenvalue weighted by Crippen LogP contribution is -2.66. The molecule has 0 spiro atoms. The Morgan fingerprint density at radius 3 is 1.13 bits per heavy atom. The minimum absolute atomic E-state index is 0.677. The molecule has 0 aromatic heterocycles. The molecule has 3 rings (SSSR count). The molecule has 3 saturated heterocycles. The number of carbonyl (C=O) groups excluding carboxylic acids is 11. The maximum absolute atomic E-state index is 14.2. The number of esters is 11. The third-order valence-corrected chi connectivity index (χ3v) is 9.55. The van der Waals surface area contributed by atoms with Gasteiger partial charge < -0.3 is 71.1 Å². The molecule has 0 bridgehead atoms. The van der Waals surface area contributed by atoms with Crippen molar-refractivity contribution in [2.45, 2.75) is 182 Å². The van der Waals surface area contributed by atoms with E-state index in [1.54, 1.807) is 0 Å². The second kappa shape index (κ2) is 24.9. The van der Waals surface area contributed by atoms with E-state index in [9.17, 15) is 52.7 Å². The largest absolute Gasteiger partial charge is 0.461 e. The molecule has 3 aliphatic rings. The average Bonchev–Trinajstić information content (AvgIpc) is 3.19. The smallest absolute Gasteiger partial charge is 0.339 e. The quantitative estimate of drug-likeness (QED) is 0.136. The van der Waals surface area contributed by atoms with Crippen LogP contribution >= 0.6 is 0 Å². The lowest BCUT2D eigenvalue weighted by atomic mass is 9.96. The van der Waals surface area contributed by atoms with Gasteiger partial charge in [-0.1, -0.05) is 27.7 Å². The van der Waals surface area contributed by atoms with Gasteiger partial charge in [0.05, 0.1) is 17.9 Å². The van der Waals surface area contributed by atoms with Crippen molar-refractivity contribution in [3.8, 4) is 0 Å². The summed E-state index contributed by atoms with van der Waals surface area (Å²) in [6.07, 6.45) is -27.1. The molecule has 0 N–H and O–H groups in total. The molecule has 0 unspecified atom stereocenters. The average molecular weight is 979 g/mol. The summed E-state index contributed by atoms with van der Waals surface area (Å²) in [5.41, 5.74) is 0. The van der Waals surface area contributed by atoms with Gasteiger partial charge in [-0.2, -0.15) is 0 Å². The standard InChI is InChI=1S/C42H58O26/c1-15(2)37(51)65-27-17(5)55-40(34(60-22(10)47)29(27)56-18(6)43)68-42-35(61-23(11)48)30(57-19(7)44)28(66-38(52)16(3)4)26(64-42)14-54-39(53)33-31(58-20(8)45)32(59-21(9)46)36(62-24(12)49)41(67-33)63-25(13)50/h15-17,26-36,40-42H,14H2,1-13H3/t17-,26-,27-,28-,29+,30+,31+,32+,33+,34-,35-,36-,40-,41-,42-/m1/s1. The van der Waals surface area contributed by atoms with Gasteiger partial charge in [-0.25, -0.2) is 4.79 Å². The molecule has 68 heavy (non-hydrogen) atoms. The Hall–Kier alpha value is -5.99. The SMILES string of the molecule is CC(=O)O[C@@H]1O[C@H](C(=O)OC[C@H]2O[C@H](O[C@H]3O[C@H](C)[C@@H](OC(=O)C(C)C)[C@H](OC(C)=O)[C@H]3OC(C)=O)[C@H](OC(C)=O)[C@@H](OC(C)=O)[C@@H]2OC(=O)C(C)C)[C@@H](OC(C)=O)[C@H](OC(C)=O)[C@H]1OC(C)=O. The molecular formula is C42H58O26. The van der Waals surface area contributed by atoms with E-state index in [-0.39, 0.29) is 0 Å². The zero-order chi connectivity index (χ0) is 51.5. The Kier molecular flexibility index (Phi) is 20.6. The summed E-state index contributed by atoms with van der Waals surface area (Å²) in [4.78, 5) is 140. The van der Waals surface area contributed by atoms with Gasteiger partial charge in [0.2, 0.25) is 25.0 Å². The molecule has 0 radical (unpaired) electrons. The van der Waals surface area contributed by atoms with Gasteiger partial charge in [0, 0.05) is 55.4 Å². The van der Waals surface area contributed by atoms with Crippen molar-refractivity contribution in [1.82, 2.24) is 0 Å². The lowest BCUT2D eigenvalue weighted by molar-refractivity contribution is -0.375. The fourth-order valence-electron chi connectivity index (χ4n) is 6.94. The lowest BCUT2D eigenvalue weighted by Gasteiger charge is -2.48. The van der Waals surface area contributed by atoms with Gasteiger partial charge in [-0.05, 0) is 6.92 Å². The Morgan fingerprint density at radius 1 is 0.382 bits per heavy atom. The van der Waals surface area contributed by atoms with Crippen LogP contribution in [0.3, 0.4) is 0 Å². The van der Waals surface area contributed by atoms with E-state index in [0.717, 1.165) is 55.4 Å². The van der Waals surface area contributed by atoms with E-state index in [4.69, 9.17) is 71.1 Å². The highest BCUT2D eigenvalue weighted by Crippen LogP contribution is 2.36. The van der Waals surface area contributed by atoms with Crippen LogP contribution in [0.15, 0.2) is 0 Å². The van der Waals surface area contributed by atoms with E-state index in [0.29, 0.717) is 0 Å². The predicted octanol–water partition coefficient (Wildman–Crippen LogP) is -0.0386. The normalized spacial score (nSPS) is 31.1. The summed E-state index contributed by atoms with van der Waals surface area (Å²) in [5, 5.41) is 0. The molecule has 26 nitrogen and oxygen atoms in total. The van der Waals surface area contributed by atoms with Crippen LogP contribution in [-0.4, -0.2) is 164 Å². The van der Waals surface area contributed by atoms with Crippen molar-refractivity contribution in [3.05, 3.63) is 0 Å². The summed E-state index contributed by atoms with van der Waals surface area (Å²) in [7, 11) is 0. The zero-order valence-electron chi connectivity index (χ0n) is 39.6. The summed E-state index contributed by atoms with van der Waals surface area (Å²) in [6.45, 7) is 14.0. The Labute approximate surface area is 389 Å². The summed E-state index contributed by atoms with van der Waals surface area (Å²) >= 11 is 0. The fourth-order valence-corrected chi connectivity index (χ4v) is 6.94. The molecule has 3 fully saturated rings. The molecule has 0 saturated carbocycles. The first-order chi connectivity index (χ1) is 31.6. The first-order valence-corrected chi connectivity index (χ1v) is 21.2. The predicted molar refractivity (Wildman–Crippen MR) is 214 cm³/mol. The number of hydrogen-bond acceptors (Lipinski definition) is 26. The van der Waals surface area contributed by atoms with Crippen LogP contribution in [0.2, 0.25) is 0 Å². The highest BCUT2D eigenvalue weighted by molar-refractivity contribution is 5.78. The number of hydrogen-bond donors (Lipinski definition) is 0. The number of carbonyl (C=O) groups is 11. The number of ether oxygens (including phenoxy) is 15. The fraction of sp³-hybridized carbons (Fsp3) is 0.738. The molecule has 0 aromatic carbocycles. The first-order valence-electron chi connectivity index (χ1n) is 21.2. The number of rotatable bonds is 17. The molecule has 0 aliphatic carbocycles. The van der Waals surface area contributed by atoms with Crippen molar-refractivity contribution in [3.63, 3.8) is 0 Å². The molecule has 3 aliphatic heterocycles. The maximum Gasteiger partial charge on any atom is 0.339 e. The van der Waals surface area contributed by atoms with Crippen LogP contribution in [0.25, 0.3) is 0 Å². The maximum atomic E-state index is 14.2. The topological polar surface area (TPSA) is 326 Å². The van der Waals surface area contributed by atoms with Gasteiger partial charge in [-0.3, -0.25) is 47.9 Å². The third kappa shape index (κ3) is 15.8. The first kappa shape index (κ1) is 56.3. The molecule has 0 aromatic rings. The Balaban J connectivity index is 2.19. The van der Waals surface area contributed by atoms with Gasteiger partial charge >= 0.3 is 65.7 Å². The highest BCUT2D eigenvalue weighted by atomic mass is 16.8. The van der Waals surface area contributed by atoms with Crippen LogP contribution < -0.4 is 0 Å². The second-order valence-corrected chi connectivity index (χ2v) is 16.2. The molecular weight excluding hydrogens is 920 g/mol. The Morgan fingerprint density at radius 2 is 0.721 bits per heavy atom. The van der Waals surface area contributed by atoms with E-state index >= 15 is 0 Å². The molecule has 15 atom stereocenters. The molecule has 26 heteroatoms. The van der Waals surface area contributed by atoms with E-state index in [1.165, 1.54) is 34.6 Å². The Bertz CT molecular complexity index is 1890. The van der Waals surface area contributed by atoms with Crippen LogP contribution in [-0.2, 0) is 124 Å². The summed E-state index contributed by atoms with van der Waals surface area (Å²) < 4.78 is 84.2. The minimum Gasteiger partial charge on any atom is -0.461 e. The highest BCUT2D eigenvalue weighted by Gasteiger charge is 2.59. The second-order valence-electron chi connectivity index (χ2n) is 16.2. The van der Waals surface area contributed by atoms with Gasteiger partial charge in [0.15, 0.2) is 54.9 Å². The van der Waals surface area contributed by atoms with E-state index in [2.05, 4.69) is 0 Å². The van der Waals surface area contributed by atoms with E-state index < -0.39 is 176 Å².